The van der Waals surface area contributed by atoms with E-state index in [-0.39, 0.29) is 5.78 Å². The second kappa shape index (κ2) is 7.06. The van der Waals surface area contributed by atoms with Crippen molar-refractivity contribution in [1.82, 2.24) is 0 Å². The Morgan fingerprint density at radius 2 is 1.67 bits per heavy atom. The lowest BCUT2D eigenvalue weighted by Gasteiger charge is -2.06. The SMILES string of the molecule is C=CC(=O)CCOc1ccc(-c2ccc(C#N)cc2)cc1. The summed E-state index contributed by atoms with van der Waals surface area (Å²) in [6.07, 6.45) is 1.64. The van der Waals surface area contributed by atoms with Gasteiger partial charge >= 0.3 is 0 Å². The minimum absolute atomic E-state index is 0.0239. The van der Waals surface area contributed by atoms with Crippen LogP contribution in [0.15, 0.2) is 61.2 Å². The molecule has 3 nitrogen and oxygen atoms in total. The molecule has 2 aromatic rings. The third kappa shape index (κ3) is 4.05. The Kier molecular flexibility index (Phi) is 4.89. The molecule has 0 heterocycles. The van der Waals surface area contributed by atoms with Crippen molar-refractivity contribution in [2.24, 2.45) is 0 Å². The third-order valence-electron chi connectivity index (χ3n) is 3.05. The van der Waals surface area contributed by atoms with Crippen LogP contribution < -0.4 is 4.74 Å². The van der Waals surface area contributed by atoms with Gasteiger partial charge in [-0.15, -0.1) is 0 Å². The molecule has 0 fully saturated rings. The van der Waals surface area contributed by atoms with Crippen molar-refractivity contribution in [3.63, 3.8) is 0 Å². The molecule has 0 aliphatic carbocycles. The average Bonchev–Trinajstić information content (AvgIpc) is 2.55. The largest absolute Gasteiger partial charge is 0.493 e. The smallest absolute Gasteiger partial charge is 0.158 e. The Bertz CT molecular complexity index is 664. The fraction of sp³-hybridized carbons (Fsp3) is 0.111. The molecule has 0 N–H and O–H groups in total. The first kappa shape index (κ1) is 14.5. The Labute approximate surface area is 124 Å². The molecule has 0 saturated carbocycles. The van der Waals surface area contributed by atoms with E-state index in [2.05, 4.69) is 12.6 Å². The molecule has 104 valence electrons. The van der Waals surface area contributed by atoms with E-state index in [1.54, 1.807) is 12.1 Å². The van der Waals surface area contributed by atoms with Gasteiger partial charge in [0.2, 0.25) is 0 Å². The predicted octanol–water partition coefficient (Wildman–Crippen LogP) is 3.75. The van der Waals surface area contributed by atoms with E-state index in [1.807, 2.05) is 36.4 Å². The van der Waals surface area contributed by atoms with Crippen molar-refractivity contribution in [3.05, 3.63) is 66.7 Å². The lowest BCUT2D eigenvalue weighted by atomic mass is 10.0. The first-order valence-corrected chi connectivity index (χ1v) is 6.61. The van der Waals surface area contributed by atoms with Crippen molar-refractivity contribution < 1.29 is 9.53 Å². The lowest BCUT2D eigenvalue weighted by molar-refractivity contribution is -0.115. The van der Waals surface area contributed by atoms with Crippen molar-refractivity contribution >= 4 is 5.78 Å². The monoisotopic (exact) mass is 277 g/mol. The number of hydrogen-bond acceptors (Lipinski definition) is 3. The molecular formula is C18H15NO2. The molecule has 0 aliphatic heterocycles. The number of ether oxygens (including phenoxy) is 1. The Hall–Kier alpha value is -2.86. The number of rotatable bonds is 6. The molecule has 0 aliphatic rings. The quantitative estimate of drug-likeness (QED) is 0.755. The number of hydrogen-bond donors (Lipinski definition) is 0. The van der Waals surface area contributed by atoms with Crippen molar-refractivity contribution in [3.8, 4) is 22.9 Å². The molecule has 0 amide bonds. The maximum Gasteiger partial charge on any atom is 0.158 e. The first-order valence-electron chi connectivity index (χ1n) is 6.61. The third-order valence-corrected chi connectivity index (χ3v) is 3.05. The number of allylic oxidation sites excluding steroid dienone is 1. The van der Waals surface area contributed by atoms with E-state index < -0.39 is 0 Å². The van der Waals surface area contributed by atoms with Gasteiger partial charge in [-0.1, -0.05) is 30.8 Å². The summed E-state index contributed by atoms with van der Waals surface area (Å²) in [5, 5.41) is 8.78. The number of nitriles is 1. The van der Waals surface area contributed by atoms with Crippen LogP contribution in [0.2, 0.25) is 0 Å². The van der Waals surface area contributed by atoms with E-state index in [4.69, 9.17) is 10.00 Å². The normalized spacial score (nSPS) is 9.67. The minimum Gasteiger partial charge on any atom is -0.493 e. The van der Waals surface area contributed by atoms with Crippen LogP contribution in [0.25, 0.3) is 11.1 Å². The molecule has 0 saturated heterocycles. The van der Waals surface area contributed by atoms with Crippen LogP contribution in [-0.4, -0.2) is 12.4 Å². The zero-order chi connectivity index (χ0) is 15.1. The number of benzene rings is 2. The molecule has 0 radical (unpaired) electrons. The van der Waals surface area contributed by atoms with Gasteiger partial charge in [-0.05, 0) is 41.5 Å². The Morgan fingerprint density at radius 1 is 1.10 bits per heavy atom. The molecule has 2 rings (SSSR count). The van der Waals surface area contributed by atoms with Crippen LogP contribution >= 0.6 is 0 Å². The fourth-order valence-electron chi connectivity index (χ4n) is 1.85. The van der Waals surface area contributed by atoms with E-state index in [1.165, 1.54) is 6.08 Å². The number of carbonyl (C=O) groups excluding carboxylic acids is 1. The van der Waals surface area contributed by atoms with Gasteiger partial charge in [0.1, 0.15) is 5.75 Å². The molecule has 21 heavy (non-hydrogen) atoms. The van der Waals surface area contributed by atoms with Gasteiger partial charge in [-0.25, -0.2) is 0 Å². The maximum atomic E-state index is 11.1. The summed E-state index contributed by atoms with van der Waals surface area (Å²) < 4.78 is 5.49. The van der Waals surface area contributed by atoms with E-state index in [9.17, 15) is 4.79 Å². The highest BCUT2D eigenvalue weighted by atomic mass is 16.5. The lowest BCUT2D eigenvalue weighted by Crippen LogP contribution is -2.03. The summed E-state index contributed by atoms with van der Waals surface area (Å²) >= 11 is 0. The van der Waals surface area contributed by atoms with Gasteiger partial charge < -0.3 is 4.74 Å². The number of nitrogens with zero attached hydrogens (tertiary/aromatic N) is 1. The summed E-state index contributed by atoms with van der Waals surface area (Å²) in [6, 6.07) is 17.1. The Morgan fingerprint density at radius 3 is 2.19 bits per heavy atom. The minimum atomic E-state index is -0.0239. The van der Waals surface area contributed by atoms with E-state index in [0.717, 1.165) is 16.9 Å². The molecule has 2 aromatic carbocycles. The van der Waals surface area contributed by atoms with Crippen LogP contribution in [0.4, 0.5) is 0 Å². The second-order valence-electron chi connectivity index (χ2n) is 4.48. The van der Waals surface area contributed by atoms with Gasteiger partial charge in [0.25, 0.3) is 0 Å². The van der Waals surface area contributed by atoms with Crippen LogP contribution in [0.3, 0.4) is 0 Å². The molecule has 0 aromatic heterocycles. The van der Waals surface area contributed by atoms with E-state index >= 15 is 0 Å². The first-order chi connectivity index (χ1) is 10.2. The predicted molar refractivity (Wildman–Crippen MR) is 81.9 cm³/mol. The van der Waals surface area contributed by atoms with Crippen molar-refractivity contribution in [1.29, 1.82) is 5.26 Å². The zero-order valence-corrected chi connectivity index (χ0v) is 11.6. The van der Waals surface area contributed by atoms with E-state index in [0.29, 0.717) is 18.6 Å². The highest BCUT2D eigenvalue weighted by molar-refractivity contribution is 5.89. The summed E-state index contributed by atoms with van der Waals surface area (Å²) in [5.41, 5.74) is 2.74. The molecular weight excluding hydrogens is 262 g/mol. The summed E-state index contributed by atoms with van der Waals surface area (Å²) in [4.78, 5) is 11.1. The molecule has 0 spiro atoms. The summed E-state index contributed by atoms with van der Waals surface area (Å²) in [6.45, 7) is 3.77. The second-order valence-corrected chi connectivity index (χ2v) is 4.48. The fourth-order valence-corrected chi connectivity index (χ4v) is 1.85. The average molecular weight is 277 g/mol. The van der Waals surface area contributed by atoms with Crippen molar-refractivity contribution in [2.75, 3.05) is 6.61 Å². The molecule has 0 unspecified atom stereocenters. The maximum absolute atomic E-state index is 11.1. The summed E-state index contributed by atoms with van der Waals surface area (Å²) in [7, 11) is 0. The topological polar surface area (TPSA) is 50.1 Å². The van der Waals surface area contributed by atoms with Gasteiger partial charge in [0.15, 0.2) is 5.78 Å². The van der Waals surface area contributed by atoms with Crippen LogP contribution in [0.1, 0.15) is 12.0 Å². The zero-order valence-electron chi connectivity index (χ0n) is 11.6. The van der Waals surface area contributed by atoms with Crippen LogP contribution in [0, 0.1) is 11.3 Å². The van der Waals surface area contributed by atoms with Crippen LogP contribution in [-0.2, 0) is 4.79 Å². The van der Waals surface area contributed by atoms with Gasteiger partial charge in [-0.2, -0.15) is 5.26 Å². The van der Waals surface area contributed by atoms with Crippen LogP contribution in [0.5, 0.6) is 5.75 Å². The van der Waals surface area contributed by atoms with Gasteiger partial charge in [0, 0.05) is 6.42 Å². The standard InChI is InChI=1S/C18H15NO2/c1-2-17(20)11-12-21-18-9-7-16(8-10-18)15-5-3-14(13-19)4-6-15/h2-10H,1,11-12H2. The Balaban J connectivity index is 1.99. The van der Waals surface area contributed by atoms with Gasteiger partial charge in [-0.3, -0.25) is 4.79 Å². The number of ketones is 1. The van der Waals surface area contributed by atoms with Gasteiger partial charge in [0.05, 0.1) is 18.2 Å². The highest BCUT2D eigenvalue weighted by Crippen LogP contribution is 2.22. The molecule has 0 bridgehead atoms. The summed E-state index contributed by atoms with van der Waals surface area (Å²) in [5.74, 6) is 0.702. The number of carbonyl (C=O) groups is 1. The highest BCUT2D eigenvalue weighted by Gasteiger charge is 2.01. The molecule has 0 atom stereocenters. The molecule has 3 heteroatoms. The van der Waals surface area contributed by atoms with Crippen molar-refractivity contribution in [2.45, 2.75) is 6.42 Å².